The van der Waals surface area contributed by atoms with Crippen LogP contribution < -0.4 is 14.8 Å². The quantitative estimate of drug-likeness (QED) is 0.804. The van der Waals surface area contributed by atoms with Crippen molar-refractivity contribution in [2.24, 2.45) is 0 Å². The van der Waals surface area contributed by atoms with Crippen LogP contribution in [0.15, 0.2) is 18.2 Å². The molecule has 2 unspecified atom stereocenters. The van der Waals surface area contributed by atoms with Crippen molar-refractivity contribution in [1.82, 2.24) is 5.32 Å². The second-order valence-corrected chi connectivity index (χ2v) is 4.49. The number of hydrogen-bond donors (Lipinski definition) is 1. The number of nitrogens with one attached hydrogen (secondary N) is 1. The second-order valence-electron chi connectivity index (χ2n) is 4.49. The maximum Gasteiger partial charge on any atom is 0.128 e. The molecule has 0 saturated carbocycles. The maximum absolute atomic E-state index is 5.98. The molecule has 0 bridgehead atoms. The normalized spacial score (nSPS) is 14.1. The zero-order valence-electron chi connectivity index (χ0n) is 12.1. The Hall–Kier alpha value is -1.22. The molecule has 0 aliphatic heterocycles. The summed E-state index contributed by atoms with van der Waals surface area (Å²) >= 11 is 0. The minimum atomic E-state index is 0.213. The summed E-state index contributed by atoms with van der Waals surface area (Å²) in [6.07, 6.45) is 1.20. The number of methoxy groups -OCH3 is 1. The number of rotatable bonds is 7. The van der Waals surface area contributed by atoms with Crippen LogP contribution in [0.4, 0.5) is 0 Å². The van der Waals surface area contributed by atoms with E-state index in [4.69, 9.17) is 9.47 Å². The van der Waals surface area contributed by atoms with Crippen LogP contribution in [0.2, 0.25) is 0 Å². The smallest absolute Gasteiger partial charge is 0.128 e. The fourth-order valence-corrected chi connectivity index (χ4v) is 1.94. The Morgan fingerprint density at radius 1 is 1.17 bits per heavy atom. The van der Waals surface area contributed by atoms with Crippen LogP contribution in [0.3, 0.4) is 0 Å². The van der Waals surface area contributed by atoms with E-state index in [-0.39, 0.29) is 12.1 Å². The summed E-state index contributed by atoms with van der Waals surface area (Å²) in [5, 5.41) is 3.41. The van der Waals surface area contributed by atoms with E-state index in [1.54, 1.807) is 7.11 Å². The Morgan fingerprint density at radius 2 is 1.83 bits per heavy atom. The van der Waals surface area contributed by atoms with Crippen molar-refractivity contribution in [2.45, 2.75) is 46.3 Å². The van der Waals surface area contributed by atoms with Crippen molar-refractivity contribution in [3.05, 3.63) is 23.8 Å². The monoisotopic (exact) mass is 251 g/mol. The lowest BCUT2D eigenvalue weighted by Crippen LogP contribution is -2.20. The van der Waals surface area contributed by atoms with Crippen molar-refractivity contribution < 1.29 is 9.47 Å². The molecule has 0 aliphatic rings. The fourth-order valence-electron chi connectivity index (χ4n) is 1.94. The average molecular weight is 251 g/mol. The zero-order valence-corrected chi connectivity index (χ0v) is 12.1. The third-order valence-corrected chi connectivity index (χ3v) is 3.09. The van der Waals surface area contributed by atoms with Crippen LogP contribution in [0.25, 0.3) is 0 Å². The maximum atomic E-state index is 5.98. The minimum absolute atomic E-state index is 0.213. The molecule has 3 heteroatoms. The van der Waals surface area contributed by atoms with Crippen molar-refractivity contribution in [3.8, 4) is 11.5 Å². The molecule has 1 aromatic carbocycles. The van der Waals surface area contributed by atoms with Gasteiger partial charge in [0.1, 0.15) is 11.5 Å². The predicted octanol–water partition coefficient (Wildman–Crippen LogP) is 3.54. The van der Waals surface area contributed by atoms with E-state index in [1.807, 2.05) is 18.2 Å². The van der Waals surface area contributed by atoms with Crippen molar-refractivity contribution >= 4 is 0 Å². The molecule has 0 heterocycles. The predicted molar refractivity (Wildman–Crippen MR) is 75.5 cm³/mol. The molecule has 3 nitrogen and oxygen atoms in total. The molecule has 1 N–H and O–H groups in total. The second kappa shape index (κ2) is 7.27. The lowest BCUT2D eigenvalue weighted by Gasteiger charge is -2.22. The van der Waals surface area contributed by atoms with Gasteiger partial charge in [-0.25, -0.2) is 0 Å². The Labute approximate surface area is 110 Å². The lowest BCUT2D eigenvalue weighted by molar-refractivity contribution is 0.212. The summed E-state index contributed by atoms with van der Waals surface area (Å²) in [6.45, 7) is 9.35. The molecular weight excluding hydrogens is 226 g/mol. The summed E-state index contributed by atoms with van der Waals surface area (Å²) in [7, 11) is 1.70. The molecule has 0 fully saturated rings. The molecule has 0 radical (unpaired) electrons. The molecule has 0 saturated heterocycles. The third-order valence-electron chi connectivity index (χ3n) is 3.09. The van der Waals surface area contributed by atoms with E-state index in [9.17, 15) is 0 Å². The highest BCUT2D eigenvalue weighted by Crippen LogP contribution is 2.34. The molecule has 102 valence electrons. The van der Waals surface area contributed by atoms with E-state index in [1.165, 1.54) is 0 Å². The van der Waals surface area contributed by atoms with Crippen molar-refractivity contribution in [1.29, 1.82) is 0 Å². The summed E-state index contributed by atoms with van der Waals surface area (Å²) in [6, 6.07) is 6.17. The SMILES string of the molecule is CCNC(C)c1c(OC)cccc1OC(C)CC. The van der Waals surface area contributed by atoms with Gasteiger partial charge in [0.15, 0.2) is 0 Å². The molecule has 1 aromatic rings. The first-order valence-electron chi connectivity index (χ1n) is 6.70. The van der Waals surface area contributed by atoms with Gasteiger partial charge in [-0.3, -0.25) is 0 Å². The van der Waals surface area contributed by atoms with E-state index in [2.05, 4.69) is 33.0 Å². The summed E-state index contributed by atoms with van der Waals surface area (Å²) in [4.78, 5) is 0. The zero-order chi connectivity index (χ0) is 13.5. The molecule has 0 spiro atoms. The first-order chi connectivity index (χ1) is 8.63. The standard InChI is InChI=1S/C15H25NO2/c1-6-11(3)18-14-10-8-9-13(17-5)15(14)12(4)16-7-2/h8-12,16H,6-7H2,1-5H3. The Morgan fingerprint density at radius 3 is 2.39 bits per heavy atom. The first kappa shape index (κ1) is 14.8. The molecule has 0 amide bonds. The molecular formula is C15H25NO2. The van der Waals surface area contributed by atoms with Gasteiger partial charge >= 0.3 is 0 Å². The summed E-state index contributed by atoms with van der Waals surface area (Å²) < 4.78 is 11.4. The average Bonchev–Trinajstić information content (AvgIpc) is 2.38. The summed E-state index contributed by atoms with van der Waals surface area (Å²) in [5.41, 5.74) is 1.10. The first-order valence-corrected chi connectivity index (χ1v) is 6.70. The van der Waals surface area contributed by atoms with Crippen LogP contribution in [0.5, 0.6) is 11.5 Å². The van der Waals surface area contributed by atoms with Crippen LogP contribution in [-0.2, 0) is 0 Å². The highest BCUT2D eigenvalue weighted by molar-refractivity contribution is 5.46. The van der Waals surface area contributed by atoms with Crippen LogP contribution >= 0.6 is 0 Å². The number of benzene rings is 1. The molecule has 18 heavy (non-hydrogen) atoms. The topological polar surface area (TPSA) is 30.5 Å². The van der Waals surface area contributed by atoms with E-state index in [0.717, 1.165) is 30.0 Å². The van der Waals surface area contributed by atoms with E-state index >= 15 is 0 Å². The van der Waals surface area contributed by atoms with Gasteiger partial charge in [0.25, 0.3) is 0 Å². The van der Waals surface area contributed by atoms with Crippen LogP contribution in [0, 0.1) is 0 Å². The van der Waals surface area contributed by atoms with Gasteiger partial charge in [0.2, 0.25) is 0 Å². The number of hydrogen-bond acceptors (Lipinski definition) is 3. The largest absolute Gasteiger partial charge is 0.496 e. The van der Waals surface area contributed by atoms with Crippen molar-refractivity contribution in [2.75, 3.05) is 13.7 Å². The molecule has 0 aliphatic carbocycles. The van der Waals surface area contributed by atoms with Crippen LogP contribution in [-0.4, -0.2) is 19.8 Å². The Balaban J connectivity index is 3.07. The van der Waals surface area contributed by atoms with Gasteiger partial charge in [0, 0.05) is 6.04 Å². The van der Waals surface area contributed by atoms with E-state index < -0.39 is 0 Å². The van der Waals surface area contributed by atoms with Gasteiger partial charge < -0.3 is 14.8 Å². The molecule has 0 aromatic heterocycles. The van der Waals surface area contributed by atoms with Crippen LogP contribution in [0.1, 0.15) is 45.7 Å². The Bertz CT molecular complexity index is 366. The van der Waals surface area contributed by atoms with Gasteiger partial charge in [-0.1, -0.05) is 19.9 Å². The van der Waals surface area contributed by atoms with E-state index in [0.29, 0.717) is 0 Å². The highest BCUT2D eigenvalue weighted by atomic mass is 16.5. The summed E-state index contributed by atoms with van der Waals surface area (Å²) in [5.74, 6) is 1.79. The third kappa shape index (κ3) is 3.64. The van der Waals surface area contributed by atoms with Crippen molar-refractivity contribution in [3.63, 3.8) is 0 Å². The number of ether oxygens (including phenoxy) is 2. The van der Waals surface area contributed by atoms with Gasteiger partial charge in [0.05, 0.1) is 18.8 Å². The molecule has 1 rings (SSSR count). The minimum Gasteiger partial charge on any atom is -0.496 e. The molecule has 2 atom stereocenters. The van der Waals surface area contributed by atoms with Gasteiger partial charge in [-0.05, 0) is 38.9 Å². The Kier molecular flexibility index (Phi) is 5.99. The lowest BCUT2D eigenvalue weighted by atomic mass is 10.1. The van der Waals surface area contributed by atoms with Gasteiger partial charge in [-0.2, -0.15) is 0 Å². The highest BCUT2D eigenvalue weighted by Gasteiger charge is 2.17. The fraction of sp³-hybridized carbons (Fsp3) is 0.600. The van der Waals surface area contributed by atoms with Gasteiger partial charge in [-0.15, -0.1) is 0 Å².